The minimum atomic E-state index is -0.318. The second-order valence-corrected chi connectivity index (χ2v) is 10.1. The first-order chi connectivity index (χ1) is 15.2. The van der Waals surface area contributed by atoms with Gasteiger partial charge in [0.15, 0.2) is 0 Å². The van der Waals surface area contributed by atoms with Gasteiger partial charge in [-0.25, -0.2) is 0 Å². The summed E-state index contributed by atoms with van der Waals surface area (Å²) >= 11 is 0. The molecule has 0 unspecified atom stereocenters. The van der Waals surface area contributed by atoms with Crippen molar-refractivity contribution in [2.45, 2.75) is 46.5 Å². The van der Waals surface area contributed by atoms with Gasteiger partial charge in [0.2, 0.25) is 11.8 Å². The van der Waals surface area contributed by atoms with Crippen LogP contribution in [0.4, 0.5) is 11.4 Å². The number of carbonyl (C=O) groups is 2. The molecule has 2 aromatic rings. The van der Waals surface area contributed by atoms with Gasteiger partial charge >= 0.3 is 0 Å². The molecule has 32 heavy (non-hydrogen) atoms. The molecule has 0 aliphatic carbocycles. The van der Waals surface area contributed by atoms with Crippen LogP contribution in [0.1, 0.15) is 50.8 Å². The Kier molecular flexibility index (Phi) is 6.22. The van der Waals surface area contributed by atoms with Gasteiger partial charge in [-0.15, -0.1) is 0 Å². The van der Waals surface area contributed by atoms with Gasteiger partial charge in [-0.2, -0.15) is 0 Å². The third-order valence-electron chi connectivity index (χ3n) is 6.65. The molecule has 3 heterocycles. The molecule has 2 saturated heterocycles. The van der Waals surface area contributed by atoms with E-state index in [1.54, 1.807) is 6.20 Å². The van der Waals surface area contributed by atoms with E-state index in [-0.39, 0.29) is 23.1 Å². The van der Waals surface area contributed by atoms with E-state index in [9.17, 15) is 9.59 Å². The number of nitrogens with zero attached hydrogens (tertiary/aromatic N) is 3. The summed E-state index contributed by atoms with van der Waals surface area (Å²) in [6.45, 7) is 11.0. The van der Waals surface area contributed by atoms with E-state index >= 15 is 0 Å². The number of amides is 2. The van der Waals surface area contributed by atoms with Crippen LogP contribution in [0.5, 0.6) is 0 Å². The van der Waals surface area contributed by atoms with E-state index in [0.717, 1.165) is 56.1 Å². The van der Waals surface area contributed by atoms with Gasteiger partial charge in [0.05, 0.1) is 17.3 Å². The summed E-state index contributed by atoms with van der Waals surface area (Å²) in [4.78, 5) is 33.7. The van der Waals surface area contributed by atoms with Gasteiger partial charge in [0.25, 0.3) is 0 Å². The molecule has 4 rings (SSSR count). The lowest BCUT2D eigenvalue weighted by atomic mass is 9.87. The van der Waals surface area contributed by atoms with Gasteiger partial charge in [-0.05, 0) is 55.5 Å². The second-order valence-electron chi connectivity index (χ2n) is 10.1. The zero-order valence-corrected chi connectivity index (χ0v) is 19.6. The molecule has 0 bridgehead atoms. The maximum absolute atomic E-state index is 12.6. The molecule has 2 fully saturated rings. The molecule has 1 aromatic heterocycles. The summed E-state index contributed by atoms with van der Waals surface area (Å²) in [7, 11) is 0. The topological polar surface area (TPSA) is 65.5 Å². The second kappa shape index (κ2) is 8.93. The Labute approximate surface area is 191 Å². The maximum atomic E-state index is 12.6. The van der Waals surface area contributed by atoms with Crippen molar-refractivity contribution in [3.8, 4) is 0 Å². The highest BCUT2D eigenvalue weighted by atomic mass is 16.2. The van der Waals surface area contributed by atoms with Crippen LogP contribution < -0.4 is 10.2 Å². The maximum Gasteiger partial charge on any atom is 0.231 e. The zero-order chi connectivity index (χ0) is 22.9. The number of piperidine rings is 1. The fraction of sp³-hybridized carbons (Fsp3) is 0.500. The van der Waals surface area contributed by atoms with Crippen molar-refractivity contribution >= 4 is 23.2 Å². The number of aryl methyl sites for hydroxylation is 1. The third kappa shape index (κ3) is 4.79. The minimum Gasteiger partial charge on any atom is -0.368 e. The largest absolute Gasteiger partial charge is 0.368 e. The quantitative estimate of drug-likeness (QED) is 0.783. The first-order valence-electron chi connectivity index (χ1n) is 11.6. The summed E-state index contributed by atoms with van der Waals surface area (Å²) in [5.41, 5.74) is 3.91. The summed E-state index contributed by atoms with van der Waals surface area (Å²) in [5.74, 6) is 0.775. The van der Waals surface area contributed by atoms with E-state index in [0.29, 0.717) is 5.92 Å². The number of hydrogen-bond acceptors (Lipinski definition) is 4. The lowest BCUT2D eigenvalue weighted by Crippen LogP contribution is -2.52. The van der Waals surface area contributed by atoms with Crippen molar-refractivity contribution in [2.24, 2.45) is 11.3 Å². The number of nitrogens with one attached hydrogen (secondary N) is 1. The molecule has 0 saturated carbocycles. The summed E-state index contributed by atoms with van der Waals surface area (Å²) in [6.07, 6.45) is 3.76. The molecule has 1 N–H and O–H groups in total. The number of benzene rings is 1. The first kappa shape index (κ1) is 22.3. The predicted octanol–water partition coefficient (Wildman–Crippen LogP) is 4.22. The lowest BCUT2D eigenvalue weighted by molar-refractivity contribution is -0.140. The molecular weight excluding hydrogens is 400 g/mol. The van der Waals surface area contributed by atoms with E-state index in [2.05, 4.69) is 33.4 Å². The monoisotopic (exact) mass is 434 g/mol. The fourth-order valence-corrected chi connectivity index (χ4v) is 4.62. The molecular formula is C26H34N4O2. The van der Waals surface area contributed by atoms with Gasteiger partial charge in [0, 0.05) is 43.5 Å². The van der Waals surface area contributed by atoms with Gasteiger partial charge in [-0.3, -0.25) is 14.6 Å². The van der Waals surface area contributed by atoms with Crippen molar-refractivity contribution < 1.29 is 9.59 Å². The molecule has 2 aliphatic heterocycles. The Morgan fingerprint density at radius 1 is 1.03 bits per heavy atom. The van der Waals surface area contributed by atoms with Crippen molar-refractivity contribution in [1.82, 2.24) is 9.88 Å². The van der Waals surface area contributed by atoms with Gasteiger partial charge in [-0.1, -0.05) is 32.9 Å². The number of pyridine rings is 1. The Morgan fingerprint density at radius 2 is 1.69 bits per heavy atom. The lowest BCUT2D eigenvalue weighted by Gasteiger charge is -2.40. The molecule has 0 spiro atoms. The number of rotatable bonds is 4. The van der Waals surface area contributed by atoms with Crippen LogP contribution in [0.15, 0.2) is 42.6 Å². The SMILES string of the molecule is Cc1ncccc1N1CC(C(=O)Nc2ccc(C3CCN(C(=O)C(C)(C)C)CC3)cc2)C1. The molecule has 170 valence electrons. The van der Waals surface area contributed by atoms with E-state index in [1.807, 2.05) is 50.8 Å². The first-order valence-corrected chi connectivity index (χ1v) is 11.6. The van der Waals surface area contributed by atoms with Crippen LogP contribution in [0.25, 0.3) is 0 Å². The highest BCUT2D eigenvalue weighted by Crippen LogP contribution is 2.31. The average Bonchev–Trinajstić information content (AvgIpc) is 2.73. The van der Waals surface area contributed by atoms with E-state index in [4.69, 9.17) is 0 Å². The molecule has 6 nitrogen and oxygen atoms in total. The van der Waals surface area contributed by atoms with Crippen molar-refractivity contribution in [1.29, 1.82) is 0 Å². The van der Waals surface area contributed by atoms with Gasteiger partial charge in [0.1, 0.15) is 0 Å². The normalized spacial score (nSPS) is 17.8. The molecule has 1 aromatic carbocycles. The van der Waals surface area contributed by atoms with E-state index in [1.165, 1.54) is 5.56 Å². The van der Waals surface area contributed by atoms with Crippen molar-refractivity contribution in [3.05, 3.63) is 53.9 Å². The Balaban J connectivity index is 1.26. The summed E-state index contributed by atoms with van der Waals surface area (Å²) < 4.78 is 0. The molecule has 2 aliphatic rings. The van der Waals surface area contributed by atoms with Gasteiger partial charge < -0.3 is 15.1 Å². The van der Waals surface area contributed by atoms with E-state index < -0.39 is 0 Å². The predicted molar refractivity (Wildman–Crippen MR) is 128 cm³/mol. The highest BCUT2D eigenvalue weighted by molar-refractivity contribution is 5.94. The zero-order valence-electron chi connectivity index (χ0n) is 19.6. The molecule has 2 amide bonds. The molecule has 0 radical (unpaired) electrons. The highest BCUT2D eigenvalue weighted by Gasteiger charge is 2.34. The van der Waals surface area contributed by atoms with Crippen LogP contribution >= 0.6 is 0 Å². The standard InChI is InChI=1S/C26H34N4O2/c1-18-23(6-5-13-27-18)30-16-21(17-30)24(31)28-22-9-7-19(8-10-22)20-11-14-29(15-12-20)25(32)26(2,3)4/h5-10,13,20-21H,11-12,14-17H2,1-4H3,(H,28,31). The number of likely N-dealkylation sites (tertiary alicyclic amines) is 1. The van der Waals surface area contributed by atoms with Crippen molar-refractivity contribution in [2.75, 3.05) is 36.4 Å². The van der Waals surface area contributed by atoms with Crippen molar-refractivity contribution in [3.63, 3.8) is 0 Å². The third-order valence-corrected chi connectivity index (χ3v) is 6.65. The molecule has 6 heteroatoms. The average molecular weight is 435 g/mol. The number of hydrogen-bond donors (Lipinski definition) is 1. The fourth-order valence-electron chi connectivity index (χ4n) is 4.62. The number of aromatic nitrogens is 1. The minimum absolute atomic E-state index is 0.000960. The Morgan fingerprint density at radius 3 is 2.28 bits per heavy atom. The van der Waals surface area contributed by atoms with Crippen LogP contribution in [-0.4, -0.2) is 47.9 Å². The number of carbonyl (C=O) groups excluding carboxylic acids is 2. The molecule has 0 atom stereocenters. The summed E-state index contributed by atoms with van der Waals surface area (Å²) in [5, 5.41) is 3.07. The Bertz CT molecular complexity index is 966. The van der Waals surface area contributed by atoms with Crippen LogP contribution in [0.3, 0.4) is 0 Å². The van der Waals surface area contributed by atoms with Crippen LogP contribution in [0.2, 0.25) is 0 Å². The number of anilines is 2. The van der Waals surface area contributed by atoms with Crippen LogP contribution in [-0.2, 0) is 9.59 Å². The van der Waals surface area contributed by atoms with Crippen LogP contribution in [0, 0.1) is 18.3 Å². The Hall–Kier alpha value is -2.89. The summed E-state index contributed by atoms with van der Waals surface area (Å²) in [6, 6.07) is 12.2. The smallest absolute Gasteiger partial charge is 0.231 e.